The molecule has 0 radical (unpaired) electrons. The summed E-state index contributed by atoms with van der Waals surface area (Å²) in [6, 6.07) is 0.832. The summed E-state index contributed by atoms with van der Waals surface area (Å²) < 4.78 is 0. The van der Waals surface area contributed by atoms with Gasteiger partial charge in [0.25, 0.3) is 0 Å². The molecule has 17 heavy (non-hydrogen) atoms. The molecule has 0 amide bonds. The van der Waals surface area contributed by atoms with Gasteiger partial charge in [-0.25, -0.2) is 0 Å². The van der Waals surface area contributed by atoms with Crippen molar-refractivity contribution in [2.75, 3.05) is 6.54 Å². The summed E-state index contributed by atoms with van der Waals surface area (Å²) in [5.41, 5.74) is 0. The van der Waals surface area contributed by atoms with E-state index in [1.165, 1.54) is 55.0 Å². The molecule has 0 atom stereocenters. The minimum absolute atomic E-state index is 0.728. The Balaban J connectivity index is 1.42. The minimum atomic E-state index is 0.728. The van der Waals surface area contributed by atoms with Gasteiger partial charge in [-0.3, -0.25) is 0 Å². The molecule has 0 aromatic carbocycles. The molecule has 0 spiro atoms. The van der Waals surface area contributed by atoms with Gasteiger partial charge in [-0.2, -0.15) is 0 Å². The zero-order chi connectivity index (χ0) is 11.5. The molecule has 3 rings (SSSR count). The summed E-state index contributed by atoms with van der Waals surface area (Å²) in [5, 5.41) is 14.8. The van der Waals surface area contributed by atoms with Crippen molar-refractivity contribution in [1.29, 1.82) is 0 Å². The molecule has 94 valence electrons. The van der Waals surface area contributed by atoms with Gasteiger partial charge in [0.2, 0.25) is 0 Å². The van der Waals surface area contributed by atoms with E-state index in [0.717, 1.165) is 24.9 Å². The maximum absolute atomic E-state index is 4.37. The Kier molecular flexibility index (Phi) is 3.71. The van der Waals surface area contributed by atoms with E-state index in [1.807, 2.05) is 11.3 Å². The molecule has 1 N–H and O–H groups in total. The first-order valence-electron chi connectivity index (χ1n) is 6.97. The van der Waals surface area contributed by atoms with Crippen LogP contribution in [0.2, 0.25) is 0 Å². The molecule has 1 aromatic heterocycles. The second kappa shape index (κ2) is 5.44. The van der Waals surface area contributed by atoms with Crippen LogP contribution in [0.25, 0.3) is 0 Å². The second-order valence-electron chi connectivity index (χ2n) is 5.35. The van der Waals surface area contributed by atoms with Gasteiger partial charge in [-0.05, 0) is 38.6 Å². The number of nitrogens with one attached hydrogen (secondary N) is 1. The van der Waals surface area contributed by atoms with E-state index in [1.54, 1.807) is 0 Å². The molecule has 2 fully saturated rings. The number of aromatic nitrogens is 2. The number of nitrogens with zero attached hydrogens (tertiary/aromatic N) is 2. The Morgan fingerprint density at radius 3 is 2.71 bits per heavy atom. The molecule has 2 aliphatic rings. The molecule has 1 heterocycles. The molecule has 3 nitrogen and oxygen atoms in total. The molecule has 2 saturated carbocycles. The summed E-state index contributed by atoms with van der Waals surface area (Å²) in [4.78, 5) is 0. The Labute approximate surface area is 107 Å². The third kappa shape index (κ3) is 3.26. The predicted molar refractivity (Wildman–Crippen MR) is 70.5 cm³/mol. The van der Waals surface area contributed by atoms with Crippen LogP contribution in [0.4, 0.5) is 0 Å². The number of aryl methyl sites for hydroxylation is 1. The van der Waals surface area contributed by atoms with E-state index in [4.69, 9.17) is 0 Å². The minimum Gasteiger partial charge on any atom is -0.314 e. The molecular formula is C13H21N3S. The quantitative estimate of drug-likeness (QED) is 0.790. The Morgan fingerprint density at radius 2 is 1.94 bits per heavy atom. The van der Waals surface area contributed by atoms with Crippen molar-refractivity contribution < 1.29 is 0 Å². The van der Waals surface area contributed by atoms with Gasteiger partial charge in [-0.1, -0.05) is 12.8 Å². The van der Waals surface area contributed by atoms with Crippen molar-refractivity contribution in [2.24, 2.45) is 0 Å². The van der Waals surface area contributed by atoms with Crippen molar-refractivity contribution in [2.45, 2.75) is 63.3 Å². The monoisotopic (exact) mass is 251 g/mol. The second-order valence-corrected chi connectivity index (χ2v) is 6.44. The van der Waals surface area contributed by atoms with E-state index in [-0.39, 0.29) is 0 Å². The lowest BCUT2D eigenvalue weighted by Gasteiger charge is -2.01. The average molecular weight is 251 g/mol. The van der Waals surface area contributed by atoms with Crippen LogP contribution in [0.3, 0.4) is 0 Å². The fourth-order valence-corrected chi connectivity index (χ4v) is 3.59. The summed E-state index contributed by atoms with van der Waals surface area (Å²) in [6.07, 6.45) is 10.5. The normalized spacial score (nSPS) is 21.2. The van der Waals surface area contributed by atoms with Crippen molar-refractivity contribution in [1.82, 2.24) is 15.5 Å². The zero-order valence-corrected chi connectivity index (χ0v) is 11.1. The van der Waals surface area contributed by atoms with Crippen LogP contribution in [0.5, 0.6) is 0 Å². The molecule has 0 unspecified atom stereocenters. The van der Waals surface area contributed by atoms with E-state index in [2.05, 4.69) is 15.5 Å². The number of hydrogen-bond donors (Lipinski definition) is 1. The van der Waals surface area contributed by atoms with Gasteiger partial charge in [0.05, 0.1) is 0 Å². The lowest BCUT2D eigenvalue weighted by Crippen LogP contribution is -2.17. The standard InChI is InChI=1S/C13H21N3S/c1-2-5-10(4-1)13-16-15-12(17-13)6-3-9-14-11-7-8-11/h10-11,14H,1-9H2. The average Bonchev–Trinajstić information content (AvgIpc) is 2.84. The lowest BCUT2D eigenvalue weighted by molar-refractivity contribution is 0.642. The molecular weight excluding hydrogens is 230 g/mol. The van der Waals surface area contributed by atoms with Crippen LogP contribution in [0.15, 0.2) is 0 Å². The molecule has 1 aromatic rings. The van der Waals surface area contributed by atoms with Gasteiger partial charge >= 0.3 is 0 Å². The Bertz CT molecular complexity index is 353. The van der Waals surface area contributed by atoms with Crippen LogP contribution < -0.4 is 5.32 Å². The Morgan fingerprint density at radius 1 is 1.12 bits per heavy atom. The van der Waals surface area contributed by atoms with Gasteiger partial charge in [-0.15, -0.1) is 21.5 Å². The zero-order valence-electron chi connectivity index (χ0n) is 10.3. The van der Waals surface area contributed by atoms with Crippen molar-refractivity contribution >= 4 is 11.3 Å². The Hall–Kier alpha value is -0.480. The third-order valence-electron chi connectivity index (χ3n) is 3.76. The fourth-order valence-electron chi connectivity index (χ4n) is 2.54. The van der Waals surface area contributed by atoms with Gasteiger partial charge in [0.15, 0.2) is 0 Å². The van der Waals surface area contributed by atoms with Crippen LogP contribution in [0.1, 0.15) is 60.9 Å². The molecule has 0 aliphatic heterocycles. The largest absolute Gasteiger partial charge is 0.314 e. The maximum atomic E-state index is 4.37. The highest BCUT2D eigenvalue weighted by Gasteiger charge is 2.21. The number of rotatable bonds is 6. The first-order chi connectivity index (χ1) is 8.42. The topological polar surface area (TPSA) is 37.8 Å². The van der Waals surface area contributed by atoms with Crippen LogP contribution in [-0.2, 0) is 6.42 Å². The van der Waals surface area contributed by atoms with E-state index < -0.39 is 0 Å². The fraction of sp³-hybridized carbons (Fsp3) is 0.846. The van der Waals surface area contributed by atoms with Crippen LogP contribution >= 0.6 is 11.3 Å². The highest BCUT2D eigenvalue weighted by molar-refractivity contribution is 7.11. The maximum Gasteiger partial charge on any atom is 0.120 e. The van der Waals surface area contributed by atoms with Crippen molar-refractivity contribution in [3.05, 3.63) is 10.0 Å². The van der Waals surface area contributed by atoms with Crippen molar-refractivity contribution in [3.8, 4) is 0 Å². The summed E-state index contributed by atoms with van der Waals surface area (Å²) in [5.74, 6) is 0.728. The highest BCUT2D eigenvalue weighted by atomic mass is 32.1. The summed E-state index contributed by atoms with van der Waals surface area (Å²) in [6.45, 7) is 1.14. The van der Waals surface area contributed by atoms with Crippen LogP contribution in [-0.4, -0.2) is 22.8 Å². The van der Waals surface area contributed by atoms with Gasteiger partial charge in [0.1, 0.15) is 10.0 Å². The van der Waals surface area contributed by atoms with Gasteiger partial charge in [0, 0.05) is 18.4 Å². The molecule has 0 bridgehead atoms. The molecule has 4 heteroatoms. The lowest BCUT2D eigenvalue weighted by atomic mass is 10.1. The smallest absolute Gasteiger partial charge is 0.120 e. The number of hydrogen-bond acceptors (Lipinski definition) is 4. The van der Waals surface area contributed by atoms with Crippen LogP contribution in [0, 0.1) is 0 Å². The SMILES string of the molecule is C(CNC1CC1)Cc1nnc(C2CCCC2)s1. The van der Waals surface area contributed by atoms with Crippen molar-refractivity contribution in [3.63, 3.8) is 0 Å². The first kappa shape index (κ1) is 11.6. The summed E-state index contributed by atoms with van der Waals surface area (Å²) >= 11 is 1.85. The van der Waals surface area contributed by atoms with E-state index in [0.29, 0.717) is 0 Å². The first-order valence-corrected chi connectivity index (χ1v) is 7.79. The van der Waals surface area contributed by atoms with E-state index in [9.17, 15) is 0 Å². The predicted octanol–water partition coefficient (Wildman–Crippen LogP) is 2.88. The molecule has 0 saturated heterocycles. The summed E-state index contributed by atoms with van der Waals surface area (Å²) in [7, 11) is 0. The van der Waals surface area contributed by atoms with E-state index >= 15 is 0 Å². The molecule has 2 aliphatic carbocycles. The van der Waals surface area contributed by atoms with Gasteiger partial charge < -0.3 is 5.32 Å². The highest BCUT2D eigenvalue weighted by Crippen LogP contribution is 2.35. The third-order valence-corrected chi connectivity index (χ3v) is 4.91.